The van der Waals surface area contributed by atoms with Crippen molar-refractivity contribution >= 4 is 12.3 Å². The summed E-state index contributed by atoms with van der Waals surface area (Å²) in [5, 5.41) is 6.91. The van der Waals surface area contributed by atoms with Crippen LogP contribution in [0.5, 0.6) is 0 Å². The highest BCUT2D eigenvalue weighted by Crippen LogP contribution is 2.06. The van der Waals surface area contributed by atoms with E-state index < -0.39 is 5.60 Å². The zero-order chi connectivity index (χ0) is 14.3. The van der Waals surface area contributed by atoms with E-state index in [1.54, 1.807) is 19.5 Å². The number of alkyl carbamates (subject to hydrolysis) is 1. The predicted molar refractivity (Wildman–Crippen MR) is 74.6 cm³/mol. The molecule has 19 heavy (non-hydrogen) atoms. The maximum Gasteiger partial charge on any atom is 0.407 e. The zero-order valence-corrected chi connectivity index (χ0v) is 12.0. The minimum absolute atomic E-state index is 0.383. The normalized spacial score (nSPS) is 11.8. The quantitative estimate of drug-likeness (QED) is 0.653. The monoisotopic (exact) mass is 266 g/mol. The summed E-state index contributed by atoms with van der Waals surface area (Å²) in [6.07, 6.45) is 5.84. The van der Waals surface area contributed by atoms with Crippen LogP contribution in [0.25, 0.3) is 0 Å². The summed E-state index contributed by atoms with van der Waals surface area (Å²) in [4.78, 5) is 15.3. The summed E-state index contributed by atoms with van der Waals surface area (Å²) in [5.74, 6) is 0. The lowest BCUT2D eigenvalue weighted by Gasteiger charge is -2.19. The largest absolute Gasteiger partial charge is 0.444 e. The molecule has 0 aliphatic rings. The number of hydrogen-bond donors (Lipinski definition) is 1. The van der Waals surface area contributed by atoms with Gasteiger partial charge in [-0.15, -0.1) is 0 Å². The Labute approximate surface area is 113 Å². The number of hydrogen-bond acceptors (Lipinski definition) is 4. The van der Waals surface area contributed by atoms with Crippen LogP contribution in [0.1, 0.15) is 32.8 Å². The Morgan fingerprint density at radius 3 is 2.95 bits per heavy atom. The first-order valence-corrected chi connectivity index (χ1v) is 6.32. The van der Waals surface area contributed by atoms with Crippen molar-refractivity contribution in [1.29, 1.82) is 0 Å². The predicted octanol–water partition coefficient (Wildman–Crippen LogP) is 1.85. The SMILES string of the molecule is CN=Cc1cnn(CCCNC(=O)OC(C)(C)C)c1. The summed E-state index contributed by atoms with van der Waals surface area (Å²) in [6, 6.07) is 0. The molecule has 0 bridgehead atoms. The van der Waals surface area contributed by atoms with Crippen LogP contribution in [-0.2, 0) is 11.3 Å². The highest BCUT2D eigenvalue weighted by molar-refractivity contribution is 5.78. The zero-order valence-electron chi connectivity index (χ0n) is 12.0. The van der Waals surface area contributed by atoms with Crippen LogP contribution in [0.2, 0.25) is 0 Å². The molecule has 0 aromatic carbocycles. The van der Waals surface area contributed by atoms with E-state index in [0.29, 0.717) is 6.54 Å². The average Bonchev–Trinajstić information content (AvgIpc) is 2.70. The lowest BCUT2D eigenvalue weighted by molar-refractivity contribution is 0.0526. The first kappa shape index (κ1) is 15.2. The van der Waals surface area contributed by atoms with Crippen molar-refractivity contribution in [2.45, 2.75) is 39.3 Å². The van der Waals surface area contributed by atoms with Crippen molar-refractivity contribution in [3.8, 4) is 0 Å². The second kappa shape index (κ2) is 6.92. The number of nitrogens with one attached hydrogen (secondary N) is 1. The van der Waals surface area contributed by atoms with E-state index in [1.807, 2.05) is 31.6 Å². The molecular formula is C13H22N4O2. The Morgan fingerprint density at radius 2 is 2.32 bits per heavy atom. The molecule has 1 amide bonds. The first-order valence-electron chi connectivity index (χ1n) is 6.32. The summed E-state index contributed by atoms with van der Waals surface area (Å²) in [6.45, 7) is 6.83. The van der Waals surface area contributed by atoms with Crippen molar-refractivity contribution in [3.05, 3.63) is 18.0 Å². The maximum atomic E-state index is 11.4. The molecule has 0 saturated heterocycles. The van der Waals surface area contributed by atoms with Crippen molar-refractivity contribution < 1.29 is 9.53 Å². The lowest BCUT2D eigenvalue weighted by Crippen LogP contribution is -2.33. The maximum absolute atomic E-state index is 11.4. The third kappa shape index (κ3) is 6.59. The fraction of sp³-hybridized carbons (Fsp3) is 0.615. The number of aromatic nitrogens is 2. The van der Waals surface area contributed by atoms with E-state index in [-0.39, 0.29) is 6.09 Å². The van der Waals surface area contributed by atoms with Gasteiger partial charge in [-0.2, -0.15) is 5.10 Å². The molecule has 1 aromatic heterocycles. The molecule has 0 spiro atoms. The highest BCUT2D eigenvalue weighted by atomic mass is 16.6. The third-order valence-corrected chi connectivity index (χ3v) is 2.16. The topological polar surface area (TPSA) is 68.5 Å². The molecule has 0 atom stereocenters. The van der Waals surface area contributed by atoms with E-state index in [1.165, 1.54) is 0 Å². The van der Waals surface area contributed by atoms with Crippen LogP contribution in [0.4, 0.5) is 4.79 Å². The number of ether oxygens (including phenoxy) is 1. The van der Waals surface area contributed by atoms with Gasteiger partial charge in [0.2, 0.25) is 0 Å². The summed E-state index contributed by atoms with van der Waals surface area (Å²) >= 11 is 0. The van der Waals surface area contributed by atoms with Gasteiger partial charge in [-0.25, -0.2) is 4.79 Å². The molecule has 0 aliphatic heterocycles. The average molecular weight is 266 g/mol. The number of aryl methyl sites for hydroxylation is 1. The van der Waals surface area contributed by atoms with Crippen LogP contribution in [0, 0.1) is 0 Å². The molecule has 6 heteroatoms. The van der Waals surface area contributed by atoms with Crippen LogP contribution in [0.3, 0.4) is 0 Å². The highest BCUT2D eigenvalue weighted by Gasteiger charge is 2.15. The molecule has 1 aromatic rings. The van der Waals surface area contributed by atoms with Crippen LogP contribution in [-0.4, -0.2) is 41.3 Å². The van der Waals surface area contributed by atoms with E-state index in [2.05, 4.69) is 15.4 Å². The Bertz CT molecular complexity index is 432. The fourth-order valence-corrected chi connectivity index (χ4v) is 1.46. The molecule has 1 heterocycles. The van der Waals surface area contributed by atoms with Crippen molar-refractivity contribution in [2.24, 2.45) is 4.99 Å². The number of nitrogens with zero attached hydrogens (tertiary/aromatic N) is 3. The smallest absolute Gasteiger partial charge is 0.407 e. The number of carbonyl (C=O) groups excluding carboxylic acids is 1. The standard InChI is InChI=1S/C13H22N4O2/c1-13(2,3)19-12(18)15-6-5-7-17-10-11(8-14-4)9-16-17/h8-10H,5-7H2,1-4H3,(H,15,18). The van der Waals surface area contributed by atoms with Crippen molar-refractivity contribution in [1.82, 2.24) is 15.1 Å². The van der Waals surface area contributed by atoms with Crippen LogP contribution >= 0.6 is 0 Å². The molecule has 0 radical (unpaired) electrons. The van der Waals surface area contributed by atoms with Gasteiger partial charge in [-0.05, 0) is 27.2 Å². The van der Waals surface area contributed by atoms with Gasteiger partial charge in [0.15, 0.2) is 0 Å². The first-order chi connectivity index (χ1) is 8.90. The van der Waals surface area contributed by atoms with E-state index in [0.717, 1.165) is 18.5 Å². The third-order valence-electron chi connectivity index (χ3n) is 2.16. The number of rotatable bonds is 5. The summed E-state index contributed by atoms with van der Waals surface area (Å²) < 4.78 is 6.96. The molecule has 1 N–H and O–H groups in total. The minimum Gasteiger partial charge on any atom is -0.444 e. The van der Waals surface area contributed by atoms with Gasteiger partial charge in [0, 0.05) is 38.1 Å². The lowest BCUT2D eigenvalue weighted by atomic mass is 10.2. The van der Waals surface area contributed by atoms with E-state index in [9.17, 15) is 4.79 Å². The minimum atomic E-state index is -0.458. The Kier molecular flexibility index (Phi) is 5.54. The van der Waals surface area contributed by atoms with Crippen LogP contribution in [0.15, 0.2) is 17.4 Å². The van der Waals surface area contributed by atoms with Gasteiger partial charge in [0.25, 0.3) is 0 Å². The Balaban J connectivity index is 2.21. The van der Waals surface area contributed by atoms with Gasteiger partial charge in [0.05, 0.1) is 6.20 Å². The van der Waals surface area contributed by atoms with Gasteiger partial charge < -0.3 is 10.1 Å². The molecule has 0 saturated carbocycles. The van der Waals surface area contributed by atoms with Crippen molar-refractivity contribution in [3.63, 3.8) is 0 Å². The van der Waals surface area contributed by atoms with Gasteiger partial charge in [0.1, 0.15) is 5.60 Å². The van der Waals surface area contributed by atoms with Gasteiger partial charge in [-0.3, -0.25) is 9.67 Å². The molecule has 6 nitrogen and oxygen atoms in total. The van der Waals surface area contributed by atoms with Gasteiger partial charge >= 0.3 is 6.09 Å². The number of aliphatic imine (C=N–C) groups is 1. The fourth-order valence-electron chi connectivity index (χ4n) is 1.46. The summed E-state index contributed by atoms with van der Waals surface area (Å²) in [5.41, 5.74) is 0.517. The molecule has 0 unspecified atom stereocenters. The Morgan fingerprint density at radius 1 is 1.58 bits per heavy atom. The molecule has 1 rings (SSSR count). The van der Waals surface area contributed by atoms with Gasteiger partial charge in [-0.1, -0.05) is 0 Å². The number of amides is 1. The number of carbonyl (C=O) groups is 1. The van der Waals surface area contributed by atoms with Crippen LogP contribution < -0.4 is 5.32 Å². The second-order valence-corrected chi connectivity index (χ2v) is 5.21. The second-order valence-electron chi connectivity index (χ2n) is 5.21. The summed E-state index contributed by atoms with van der Waals surface area (Å²) in [7, 11) is 1.72. The van der Waals surface area contributed by atoms with Crippen molar-refractivity contribution in [2.75, 3.05) is 13.6 Å². The van der Waals surface area contributed by atoms with E-state index >= 15 is 0 Å². The van der Waals surface area contributed by atoms with E-state index in [4.69, 9.17) is 4.74 Å². The molecular weight excluding hydrogens is 244 g/mol. The Hall–Kier alpha value is -1.85. The molecule has 0 aliphatic carbocycles. The molecule has 106 valence electrons. The molecule has 0 fully saturated rings.